The minimum absolute atomic E-state index is 0.00715. The molecular weight excluding hydrogens is 458 g/mol. The lowest BCUT2D eigenvalue weighted by Gasteiger charge is -2.26. The van der Waals surface area contributed by atoms with Gasteiger partial charge in [0.1, 0.15) is 17.6 Å². The molecule has 1 amide bonds. The molecule has 7 nitrogen and oxygen atoms in total. The molecule has 0 bridgehead atoms. The second kappa shape index (κ2) is 9.41. The van der Waals surface area contributed by atoms with Gasteiger partial charge in [-0.15, -0.1) is 0 Å². The number of hydrogen-bond donors (Lipinski definition) is 2. The fourth-order valence-electron chi connectivity index (χ4n) is 4.94. The van der Waals surface area contributed by atoms with E-state index in [0.29, 0.717) is 24.0 Å². The van der Waals surface area contributed by atoms with Crippen LogP contribution in [-0.4, -0.2) is 46.6 Å². The predicted molar refractivity (Wildman–Crippen MR) is 134 cm³/mol. The number of phenols is 1. The number of nitrogens with zero attached hydrogens (tertiary/aromatic N) is 1. The normalized spacial score (nSPS) is 20.3. The second-order valence-electron chi connectivity index (χ2n) is 9.11. The van der Waals surface area contributed by atoms with Crippen molar-refractivity contribution in [3.63, 3.8) is 0 Å². The van der Waals surface area contributed by atoms with E-state index in [-0.39, 0.29) is 35.5 Å². The molecule has 0 saturated carbocycles. The Morgan fingerprint density at radius 1 is 1.08 bits per heavy atom. The minimum Gasteiger partial charge on any atom is -0.507 e. The molecule has 0 unspecified atom stereocenters. The summed E-state index contributed by atoms with van der Waals surface area (Å²) < 4.78 is 11.0. The number of fused-ring (bicyclic) bond motifs is 1. The van der Waals surface area contributed by atoms with Crippen molar-refractivity contribution in [2.75, 3.05) is 13.7 Å². The number of carbonyl (C=O) groups is 2. The van der Waals surface area contributed by atoms with E-state index in [1.807, 2.05) is 37.3 Å². The third kappa shape index (κ3) is 4.17. The number of hydrogen-bond acceptors (Lipinski definition) is 6. The van der Waals surface area contributed by atoms with Gasteiger partial charge in [0.25, 0.3) is 11.7 Å². The van der Waals surface area contributed by atoms with Crippen LogP contribution in [0, 0.1) is 0 Å². The number of likely N-dealkylation sites (tertiary alicyclic amines) is 1. The zero-order chi connectivity index (χ0) is 25.4. The molecule has 3 aromatic carbocycles. The highest BCUT2D eigenvalue weighted by Gasteiger charge is 2.46. The molecule has 1 saturated heterocycles. The third-order valence-corrected chi connectivity index (χ3v) is 6.71. The molecule has 0 spiro atoms. The first kappa shape index (κ1) is 23.5. The van der Waals surface area contributed by atoms with E-state index in [1.54, 1.807) is 30.3 Å². The molecular formula is C29H27NO6. The van der Waals surface area contributed by atoms with Gasteiger partial charge >= 0.3 is 0 Å². The Balaban J connectivity index is 1.60. The van der Waals surface area contributed by atoms with E-state index < -0.39 is 17.7 Å². The number of rotatable bonds is 6. The first-order chi connectivity index (χ1) is 17.4. The molecule has 2 atom stereocenters. The van der Waals surface area contributed by atoms with Crippen LogP contribution in [0.5, 0.6) is 17.2 Å². The molecule has 2 aliphatic rings. The number of carbonyl (C=O) groups excluding carboxylic acids is 2. The molecule has 0 aromatic heterocycles. The number of Topliss-reactive ketones (excluding diaryl/α,β-unsaturated/α-hetero) is 1. The van der Waals surface area contributed by atoms with Crippen molar-refractivity contribution in [1.82, 2.24) is 4.90 Å². The quantitative estimate of drug-likeness (QED) is 0.305. The van der Waals surface area contributed by atoms with Gasteiger partial charge in [0.2, 0.25) is 0 Å². The Hall–Kier alpha value is -4.26. The maximum absolute atomic E-state index is 13.3. The molecule has 0 aliphatic carbocycles. The van der Waals surface area contributed by atoms with Crippen LogP contribution in [0.2, 0.25) is 0 Å². The Kier molecular flexibility index (Phi) is 6.14. The topological polar surface area (TPSA) is 96.3 Å². The Morgan fingerprint density at radius 3 is 2.61 bits per heavy atom. The number of ether oxygens (including phenoxy) is 2. The monoisotopic (exact) mass is 485 g/mol. The van der Waals surface area contributed by atoms with E-state index in [0.717, 1.165) is 16.9 Å². The van der Waals surface area contributed by atoms with Crippen LogP contribution >= 0.6 is 0 Å². The van der Waals surface area contributed by atoms with Gasteiger partial charge in [-0.05, 0) is 60.4 Å². The number of amides is 1. The lowest BCUT2D eigenvalue weighted by molar-refractivity contribution is -0.139. The van der Waals surface area contributed by atoms with Crippen LogP contribution in [0.4, 0.5) is 0 Å². The second-order valence-corrected chi connectivity index (χ2v) is 9.11. The fraction of sp³-hybridized carbons (Fsp3) is 0.241. The van der Waals surface area contributed by atoms with Crippen LogP contribution in [0.15, 0.2) is 72.3 Å². The Morgan fingerprint density at radius 2 is 1.86 bits per heavy atom. The summed E-state index contributed by atoms with van der Waals surface area (Å²) >= 11 is 0. The average Bonchev–Trinajstić information content (AvgIpc) is 3.38. The molecule has 2 aliphatic heterocycles. The van der Waals surface area contributed by atoms with E-state index in [4.69, 9.17) is 9.47 Å². The van der Waals surface area contributed by atoms with Crippen molar-refractivity contribution in [3.8, 4) is 17.2 Å². The van der Waals surface area contributed by atoms with Gasteiger partial charge in [0.05, 0.1) is 18.7 Å². The van der Waals surface area contributed by atoms with Crippen LogP contribution < -0.4 is 9.47 Å². The third-order valence-electron chi connectivity index (χ3n) is 6.71. The summed E-state index contributed by atoms with van der Waals surface area (Å²) in [6, 6.07) is 18.8. The van der Waals surface area contributed by atoms with Crippen LogP contribution in [-0.2, 0) is 22.4 Å². The molecule has 3 aromatic rings. The largest absolute Gasteiger partial charge is 0.507 e. The zero-order valence-electron chi connectivity index (χ0n) is 20.1. The van der Waals surface area contributed by atoms with E-state index >= 15 is 0 Å². The number of aromatic hydroxyl groups is 1. The van der Waals surface area contributed by atoms with Crippen molar-refractivity contribution >= 4 is 17.4 Å². The molecule has 7 heteroatoms. The number of methoxy groups -OCH3 is 1. The number of phenolic OH excluding ortho intramolecular Hbond substituents is 1. The SMILES string of the molecule is COc1cc([C@@H]2/C(=C(\O)c3ccc4c(c3)C[C@H](C)O4)C(=O)C(=O)N2CCc2ccccc2)ccc1O. The summed E-state index contributed by atoms with van der Waals surface area (Å²) in [7, 11) is 1.43. The van der Waals surface area contributed by atoms with Gasteiger partial charge in [-0.1, -0.05) is 36.4 Å². The molecule has 184 valence electrons. The van der Waals surface area contributed by atoms with Crippen molar-refractivity contribution in [2.24, 2.45) is 0 Å². The van der Waals surface area contributed by atoms with Crippen molar-refractivity contribution in [2.45, 2.75) is 31.9 Å². The predicted octanol–water partition coefficient (Wildman–Crippen LogP) is 4.39. The van der Waals surface area contributed by atoms with Crippen molar-refractivity contribution < 1.29 is 29.3 Å². The lowest BCUT2D eigenvalue weighted by atomic mass is 9.94. The van der Waals surface area contributed by atoms with Gasteiger partial charge in [0.15, 0.2) is 11.5 Å². The number of benzene rings is 3. The number of ketones is 1. The highest BCUT2D eigenvalue weighted by molar-refractivity contribution is 6.46. The molecule has 5 rings (SSSR count). The highest BCUT2D eigenvalue weighted by Crippen LogP contribution is 2.42. The smallest absolute Gasteiger partial charge is 0.295 e. The average molecular weight is 486 g/mol. The fourth-order valence-corrected chi connectivity index (χ4v) is 4.94. The maximum atomic E-state index is 13.3. The van der Waals surface area contributed by atoms with Crippen molar-refractivity contribution in [3.05, 3.63) is 94.6 Å². The summed E-state index contributed by atoms with van der Waals surface area (Å²) in [4.78, 5) is 28.0. The van der Waals surface area contributed by atoms with E-state index in [9.17, 15) is 19.8 Å². The number of aliphatic hydroxyl groups excluding tert-OH is 1. The Labute approximate surface area is 209 Å². The molecule has 0 radical (unpaired) electrons. The standard InChI is InChI=1S/C29H27NO6/c1-17-14-21-15-20(9-11-23(21)36-17)27(32)25-26(19-8-10-22(31)24(16-19)35-2)30(29(34)28(25)33)13-12-18-6-4-3-5-7-18/h3-11,15-17,26,31-32H,12-14H2,1-2H3/b27-25+/t17-,26+/m0/s1. The molecule has 2 heterocycles. The summed E-state index contributed by atoms with van der Waals surface area (Å²) in [6.45, 7) is 2.24. The van der Waals surface area contributed by atoms with Gasteiger partial charge in [-0.3, -0.25) is 9.59 Å². The molecule has 36 heavy (non-hydrogen) atoms. The minimum atomic E-state index is -0.841. The number of aliphatic hydroxyl groups is 1. The summed E-state index contributed by atoms with van der Waals surface area (Å²) in [5, 5.41) is 21.5. The first-order valence-corrected chi connectivity index (χ1v) is 11.9. The first-order valence-electron chi connectivity index (χ1n) is 11.9. The lowest BCUT2D eigenvalue weighted by Crippen LogP contribution is -2.31. The molecule has 1 fully saturated rings. The van der Waals surface area contributed by atoms with Gasteiger partial charge < -0.3 is 24.6 Å². The van der Waals surface area contributed by atoms with E-state index in [1.165, 1.54) is 18.1 Å². The van der Waals surface area contributed by atoms with Gasteiger partial charge in [-0.25, -0.2) is 0 Å². The Bertz CT molecular complexity index is 1360. The summed E-state index contributed by atoms with van der Waals surface area (Å²) in [6.07, 6.45) is 1.26. The van der Waals surface area contributed by atoms with Crippen LogP contribution in [0.25, 0.3) is 5.76 Å². The van der Waals surface area contributed by atoms with Crippen molar-refractivity contribution in [1.29, 1.82) is 0 Å². The zero-order valence-corrected chi connectivity index (χ0v) is 20.1. The van der Waals surface area contributed by atoms with Gasteiger partial charge in [-0.2, -0.15) is 0 Å². The summed E-state index contributed by atoms with van der Waals surface area (Å²) in [5.41, 5.74) is 2.97. The van der Waals surface area contributed by atoms with Gasteiger partial charge in [0, 0.05) is 18.5 Å². The van der Waals surface area contributed by atoms with Crippen LogP contribution in [0.3, 0.4) is 0 Å². The van der Waals surface area contributed by atoms with E-state index in [2.05, 4.69) is 0 Å². The molecule has 2 N–H and O–H groups in total. The highest BCUT2D eigenvalue weighted by atomic mass is 16.5. The summed E-state index contributed by atoms with van der Waals surface area (Å²) in [5.74, 6) is -0.762. The maximum Gasteiger partial charge on any atom is 0.295 e. The van der Waals surface area contributed by atoms with Crippen LogP contribution in [0.1, 0.15) is 35.2 Å².